The van der Waals surface area contributed by atoms with Gasteiger partial charge in [0, 0.05) is 32.0 Å². The molecule has 0 aliphatic rings. The maximum atomic E-state index is 5.78. The molecule has 1 atom stereocenters. The Morgan fingerprint density at radius 1 is 1.24 bits per heavy atom. The van der Waals surface area contributed by atoms with Gasteiger partial charge in [-0.25, -0.2) is 0 Å². The van der Waals surface area contributed by atoms with E-state index in [1.807, 2.05) is 35.1 Å². The summed E-state index contributed by atoms with van der Waals surface area (Å²) in [6.07, 6.45) is 3.74. The van der Waals surface area contributed by atoms with Crippen molar-refractivity contribution in [1.29, 1.82) is 0 Å². The summed E-state index contributed by atoms with van der Waals surface area (Å²) in [5.41, 5.74) is 1.20. The zero-order valence-electron chi connectivity index (χ0n) is 15.2. The number of nitrogens with zero attached hydrogens (tertiary/aromatic N) is 3. The van der Waals surface area contributed by atoms with Crippen LogP contribution in [0.15, 0.2) is 53.8 Å². The molecule has 1 unspecified atom stereocenters. The second-order valence-electron chi connectivity index (χ2n) is 6.02. The molecule has 1 aromatic carbocycles. The van der Waals surface area contributed by atoms with E-state index in [1.165, 1.54) is 5.56 Å². The highest BCUT2D eigenvalue weighted by atomic mass is 16.5. The molecule has 0 saturated heterocycles. The summed E-state index contributed by atoms with van der Waals surface area (Å²) in [6.45, 7) is 8.74. The van der Waals surface area contributed by atoms with Crippen LogP contribution in [0, 0.1) is 5.92 Å². The first-order chi connectivity index (χ1) is 12.3. The third-order valence-electron chi connectivity index (χ3n) is 3.61. The standard InChI is InChI=1S/C19H29N5O/c1-3-20-19(21-11-13-24-12-7-10-23-24)22-14-17(2)15-25-16-18-8-5-4-6-9-18/h4-10,12,17H,3,11,13-16H2,1-2H3,(H2,20,21,22). The Labute approximate surface area is 150 Å². The van der Waals surface area contributed by atoms with Crippen LogP contribution in [0.2, 0.25) is 0 Å². The summed E-state index contributed by atoms with van der Waals surface area (Å²) in [6, 6.07) is 12.2. The van der Waals surface area contributed by atoms with Gasteiger partial charge in [-0.1, -0.05) is 37.3 Å². The highest BCUT2D eigenvalue weighted by molar-refractivity contribution is 5.79. The second kappa shape index (κ2) is 11.3. The highest BCUT2D eigenvalue weighted by Gasteiger charge is 2.04. The van der Waals surface area contributed by atoms with Crippen molar-refractivity contribution in [3.05, 3.63) is 54.4 Å². The van der Waals surface area contributed by atoms with Crippen LogP contribution in [0.5, 0.6) is 0 Å². The summed E-state index contributed by atoms with van der Waals surface area (Å²) < 4.78 is 7.68. The molecule has 1 aromatic heterocycles. The van der Waals surface area contributed by atoms with Crippen molar-refractivity contribution in [2.24, 2.45) is 10.9 Å². The van der Waals surface area contributed by atoms with E-state index in [1.54, 1.807) is 6.20 Å². The molecule has 6 heteroatoms. The minimum atomic E-state index is 0.366. The number of nitrogens with one attached hydrogen (secondary N) is 2. The summed E-state index contributed by atoms with van der Waals surface area (Å²) >= 11 is 0. The van der Waals surface area contributed by atoms with E-state index >= 15 is 0 Å². The molecule has 1 heterocycles. The fourth-order valence-electron chi connectivity index (χ4n) is 2.32. The lowest BCUT2D eigenvalue weighted by molar-refractivity contribution is 0.0945. The lowest BCUT2D eigenvalue weighted by atomic mass is 10.2. The Balaban J connectivity index is 1.67. The minimum absolute atomic E-state index is 0.366. The van der Waals surface area contributed by atoms with Gasteiger partial charge in [-0.15, -0.1) is 0 Å². The molecule has 0 radical (unpaired) electrons. The topological polar surface area (TPSA) is 63.5 Å². The first kappa shape index (κ1) is 19.0. The molecule has 0 amide bonds. The van der Waals surface area contributed by atoms with Crippen molar-refractivity contribution in [3.63, 3.8) is 0 Å². The molecule has 2 aromatic rings. The van der Waals surface area contributed by atoms with Crippen LogP contribution in [-0.2, 0) is 17.9 Å². The number of guanidine groups is 1. The average molecular weight is 343 g/mol. The zero-order valence-corrected chi connectivity index (χ0v) is 15.2. The van der Waals surface area contributed by atoms with Gasteiger partial charge in [0.25, 0.3) is 0 Å². The van der Waals surface area contributed by atoms with Gasteiger partial charge in [-0.05, 0) is 24.5 Å². The highest BCUT2D eigenvalue weighted by Crippen LogP contribution is 2.03. The van der Waals surface area contributed by atoms with Gasteiger partial charge in [0.15, 0.2) is 5.96 Å². The number of aliphatic imine (C=N–C) groups is 1. The molecule has 0 aliphatic heterocycles. The fourth-order valence-corrected chi connectivity index (χ4v) is 2.32. The predicted molar refractivity (Wildman–Crippen MR) is 101 cm³/mol. The first-order valence-electron chi connectivity index (χ1n) is 8.89. The lowest BCUT2D eigenvalue weighted by Gasteiger charge is -2.14. The summed E-state index contributed by atoms with van der Waals surface area (Å²) in [5.74, 6) is 1.20. The maximum Gasteiger partial charge on any atom is 0.191 e. The van der Waals surface area contributed by atoms with Gasteiger partial charge >= 0.3 is 0 Å². The number of aromatic nitrogens is 2. The Hall–Kier alpha value is -2.34. The molecule has 0 spiro atoms. The van der Waals surface area contributed by atoms with Crippen molar-refractivity contribution in [2.75, 3.05) is 26.2 Å². The summed E-state index contributed by atoms with van der Waals surface area (Å²) in [5, 5.41) is 10.8. The quantitative estimate of drug-likeness (QED) is 0.513. The number of hydrogen-bond acceptors (Lipinski definition) is 3. The largest absolute Gasteiger partial charge is 0.376 e. The Morgan fingerprint density at radius 2 is 2.08 bits per heavy atom. The molecule has 0 bridgehead atoms. The van der Waals surface area contributed by atoms with Crippen molar-refractivity contribution >= 4 is 5.96 Å². The van der Waals surface area contributed by atoms with Gasteiger partial charge in [-0.3, -0.25) is 9.67 Å². The third kappa shape index (κ3) is 7.85. The van der Waals surface area contributed by atoms with Crippen molar-refractivity contribution in [2.45, 2.75) is 27.0 Å². The lowest BCUT2D eigenvalue weighted by Crippen LogP contribution is -2.39. The molecular formula is C19H29N5O. The SMILES string of the molecule is CCNC(=NCC(C)COCc1ccccc1)NCCn1cccn1. The zero-order chi connectivity index (χ0) is 17.7. The van der Waals surface area contributed by atoms with Crippen molar-refractivity contribution in [1.82, 2.24) is 20.4 Å². The van der Waals surface area contributed by atoms with Gasteiger partial charge in [-0.2, -0.15) is 5.10 Å². The third-order valence-corrected chi connectivity index (χ3v) is 3.61. The maximum absolute atomic E-state index is 5.78. The molecule has 0 aliphatic carbocycles. The summed E-state index contributed by atoms with van der Waals surface area (Å²) in [7, 11) is 0. The van der Waals surface area contributed by atoms with Gasteiger partial charge in [0.1, 0.15) is 0 Å². The monoisotopic (exact) mass is 343 g/mol. The Morgan fingerprint density at radius 3 is 2.80 bits per heavy atom. The van der Waals surface area contributed by atoms with Crippen LogP contribution < -0.4 is 10.6 Å². The van der Waals surface area contributed by atoms with Crippen LogP contribution in [0.4, 0.5) is 0 Å². The molecule has 6 nitrogen and oxygen atoms in total. The van der Waals surface area contributed by atoms with E-state index in [-0.39, 0.29) is 0 Å². The average Bonchev–Trinajstić information content (AvgIpc) is 3.14. The van der Waals surface area contributed by atoms with Crippen LogP contribution in [0.25, 0.3) is 0 Å². The smallest absolute Gasteiger partial charge is 0.191 e. The van der Waals surface area contributed by atoms with Gasteiger partial charge < -0.3 is 15.4 Å². The molecule has 25 heavy (non-hydrogen) atoms. The van der Waals surface area contributed by atoms with Gasteiger partial charge in [0.05, 0.1) is 19.8 Å². The number of benzene rings is 1. The predicted octanol–water partition coefficient (Wildman–Crippen LogP) is 2.29. The minimum Gasteiger partial charge on any atom is -0.376 e. The normalized spacial score (nSPS) is 12.8. The number of rotatable bonds is 10. The number of hydrogen-bond donors (Lipinski definition) is 2. The van der Waals surface area contributed by atoms with E-state index in [2.05, 4.69) is 46.7 Å². The van der Waals surface area contributed by atoms with Crippen molar-refractivity contribution in [3.8, 4) is 0 Å². The first-order valence-corrected chi connectivity index (χ1v) is 8.89. The van der Waals surface area contributed by atoms with Crippen LogP contribution in [0.3, 0.4) is 0 Å². The molecule has 0 fully saturated rings. The molecule has 2 N–H and O–H groups in total. The molecular weight excluding hydrogens is 314 g/mol. The Kier molecular flexibility index (Phi) is 8.55. The van der Waals surface area contributed by atoms with E-state index in [0.29, 0.717) is 19.1 Å². The van der Waals surface area contributed by atoms with Crippen LogP contribution >= 0.6 is 0 Å². The fraction of sp³-hybridized carbons (Fsp3) is 0.474. The van der Waals surface area contributed by atoms with Gasteiger partial charge in [0.2, 0.25) is 0 Å². The summed E-state index contributed by atoms with van der Waals surface area (Å²) in [4.78, 5) is 4.64. The van der Waals surface area contributed by atoms with E-state index in [9.17, 15) is 0 Å². The second-order valence-corrected chi connectivity index (χ2v) is 6.02. The van der Waals surface area contributed by atoms with E-state index in [0.717, 1.165) is 32.1 Å². The Bertz CT molecular complexity index is 598. The van der Waals surface area contributed by atoms with E-state index < -0.39 is 0 Å². The molecule has 136 valence electrons. The van der Waals surface area contributed by atoms with Crippen molar-refractivity contribution < 1.29 is 4.74 Å². The molecule has 2 rings (SSSR count). The van der Waals surface area contributed by atoms with Crippen LogP contribution in [-0.4, -0.2) is 42.0 Å². The number of ether oxygens (including phenoxy) is 1. The van der Waals surface area contributed by atoms with Crippen LogP contribution in [0.1, 0.15) is 19.4 Å². The molecule has 0 saturated carbocycles. The van der Waals surface area contributed by atoms with E-state index in [4.69, 9.17) is 4.74 Å².